The summed E-state index contributed by atoms with van der Waals surface area (Å²) in [4.78, 5) is 28.1. The third-order valence-electron chi connectivity index (χ3n) is 6.47. The fourth-order valence-corrected chi connectivity index (χ4v) is 4.53. The largest absolute Gasteiger partial charge is 0.507 e. The molecule has 1 aliphatic heterocycles. The highest BCUT2D eigenvalue weighted by Gasteiger charge is 2.48. The Morgan fingerprint density at radius 2 is 1.78 bits per heavy atom. The lowest BCUT2D eigenvalue weighted by Crippen LogP contribution is -2.29. The molecule has 4 rings (SSSR count). The van der Waals surface area contributed by atoms with Gasteiger partial charge in [0, 0.05) is 11.3 Å². The maximum Gasteiger partial charge on any atom is 0.300 e. The number of aliphatic hydroxyl groups excluding tert-OH is 1. The average Bonchev–Trinajstić information content (AvgIpc) is 3.45. The van der Waals surface area contributed by atoms with Crippen LogP contribution in [0.2, 0.25) is 0 Å². The molecule has 1 aromatic heterocycles. The van der Waals surface area contributed by atoms with Gasteiger partial charge in [-0.05, 0) is 71.8 Å². The molecule has 1 amide bonds. The Hall–Kier alpha value is -3.80. The van der Waals surface area contributed by atoms with Gasteiger partial charge in [-0.3, -0.25) is 14.5 Å². The number of amides is 1. The van der Waals surface area contributed by atoms with E-state index in [2.05, 4.69) is 20.8 Å². The number of aliphatic hydroxyl groups is 1. The second-order valence-corrected chi connectivity index (χ2v) is 10.3. The summed E-state index contributed by atoms with van der Waals surface area (Å²) in [5.41, 5.74) is 2.94. The molecule has 36 heavy (non-hydrogen) atoms. The van der Waals surface area contributed by atoms with E-state index in [9.17, 15) is 14.7 Å². The molecule has 1 aliphatic rings. The van der Waals surface area contributed by atoms with E-state index in [-0.39, 0.29) is 22.7 Å². The third-order valence-corrected chi connectivity index (χ3v) is 6.47. The number of benzene rings is 2. The van der Waals surface area contributed by atoms with Gasteiger partial charge in [0.25, 0.3) is 11.7 Å². The van der Waals surface area contributed by atoms with Crippen LogP contribution in [0.5, 0.6) is 5.75 Å². The van der Waals surface area contributed by atoms with Crippen molar-refractivity contribution >= 4 is 23.1 Å². The maximum absolute atomic E-state index is 13.3. The number of hydrogen-bond acceptors (Lipinski definition) is 5. The molecule has 1 unspecified atom stereocenters. The van der Waals surface area contributed by atoms with Crippen LogP contribution in [0.3, 0.4) is 0 Å². The van der Waals surface area contributed by atoms with Gasteiger partial charge in [-0.25, -0.2) is 0 Å². The van der Waals surface area contributed by atoms with Crippen LogP contribution in [0.4, 0.5) is 5.69 Å². The summed E-state index contributed by atoms with van der Waals surface area (Å²) < 4.78 is 11.4. The zero-order valence-corrected chi connectivity index (χ0v) is 21.7. The van der Waals surface area contributed by atoms with Gasteiger partial charge < -0.3 is 14.3 Å². The first-order valence-corrected chi connectivity index (χ1v) is 12.3. The fraction of sp³-hybridized carbons (Fsp3) is 0.333. The van der Waals surface area contributed by atoms with Crippen molar-refractivity contribution in [2.24, 2.45) is 0 Å². The molecule has 1 saturated heterocycles. The number of ketones is 1. The van der Waals surface area contributed by atoms with Crippen LogP contribution in [-0.4, -0.2) is 23.4 Å². The van der Waals surface area contributed by atoms with E-state index >= 15 is 0 Å². The van der Waals surface area contributed by atoms with Crippen molar-refractivity contribution in [2.45, 2.75) is 58.9 Å². The Bertz CT molecular complexity index is 1290. The van der Waals surface area contributed by atoms with Gasteiger partial charge in [-0.15, -0.1) is 0 Å². The molecule has 6 nitrogen and oxygen atoms in total. The summed E-state index contributed by atoms with van der Waals surface area (Å²) in [5.74, 6) is -0.459. The number of Topliss-reactive ketones (excluding diaryl/α,β-unsaturated/α-hetero) is 1. The predicted molar refractivity (Wildman–Crippen MR) is 140 cm³/mol. The standard InChI is InChI=1S/C30H33NO5/c1-7-35-23-15-10-19(17-22(23)18(2)3)27(32)25-26(24-9-8-16-36-24)31(29(34)28(25)33)21-13-11-20(12-14-21)30(4,5)6/h8-18,26,32H,7H2,1-6H3/b27-25-. The van der Waals surface area contributed by atoms with Crippen LogP contribution < -0.4 is 9.64 Å². The summed E-state index contributed by atoms with van der Waals surface area (Å²) in [5, 5.41) is 11.4. The minimum absolute atomic E-state index is 0.00582. The normalized spacial score (nSPS) is 17.8. The minimum atomic E-state index is -0.894. The van der Waals surface area contributed by atoms with E-state index in [0.717, 1.165) is 16.9 Å². The summed E-state index contributed by atoms with van der Waals surface area (Å²) in [7, 11) is 0. The van der Waals surface area contributed by atoms with Crippen LogP contribution in [0.1, 0.15) is 76.0 Å². The number of furan rings is 1. The van der Waals surface area contributed by atoms with Crippen LogP contribution in [0.25, 0.3) is 5.76 Å². The molecule has 188 valence electrons. The van der Waals surface area contributed by atoms with E-state index in [1.165, 1.54) is 11.2 Å². The summed E-state index contributed by atoms with van der Waals surface area (Å²) in [6.07, 6.45) is 1.49. The van der Waals surface area contributed by atoms with Crippen molar-refractivity contribution in [3.63, 3.8) is 0 Å². The lowest BCUT2D eigenvalue weighted by atomic mass is 9.87. The Balaban J connectivity index is 1.86. The van der Waals surface area contributed by atoms with Crippen LogP contribution in [0.15, 0.2) is 70.9 Å². The SMILES string of the molecule is CCOc1ccc(/C(O)=C2/C(=O)C(=O)N(c3ccc(C(C)(C)C)cc3)C2c2ccco2)cc1C(C)C. The van der Waals surface area contributed by atoms with E-state index in [0.29, 0.717) is 23.6 Å². The molecule has 1 N–H and O–H groups in total. The minimum Gasteiger partial charge on any atom is -0.507 e. The quantitative estimate of drug-likeness (QED) is 0.237. The van der Waals surface area contributed by atoms with E-state index in [4.69, 9.17) is 9.15 Å². The van der Waals surface area contributed by atoms with Crippen molar-refractivity contribution in [1.29, 1.82) is 0 Å². The number of carbonyl (C=O) groups is 2. The van der Waals surface area contributed by atoms with Gasteiger partial charge >= 0.3 is 0 Å². The average molecular weight is 488 g/mol. The molecule has 0 aliphatic carbocycles. The first-order chi connectivity index (χ1) is 17.0. The topological polar surface area (TPSA) is 80.0 Å². The molecule has 1 fully saturated rings. The number of rotatable bonds is 6. The van der Waals surface area contributed by atoms with Crippen LogP contribution in [0, 0.1) is 0 Å². The highest BCUT2D eigenvalue weighted by atomic mass is 16.5. The van der Waals surface area contributed by atoms with Gasteiger partial charge in [0.15, 0.2) is 0 Å². The first kappa shape index (κ1) is 25.3. The van der Waals surface area contributed by atoms with Crippen molar-refractivity contribution in [2.75, 3.05) is 11.5 Å². The summed E-state index contributed by atoms with van der Waals surface area (Å²) in [6, 6.07) is 15.4. The first-order valence-electron chi connectivity index (χ1n) is 12.3. The van der Waals surface area contributed by atoms with Gasteiger partial charge in [0.1, 0.15) is 23.3 Å². The third kappa shape index (κ3) is 4.55. The molecule has 0 bridgehead atoms. The molecule has 2 heterocycles. The molecule has 6 heteroatoms. The van der Waals surface area contributed by atoms with Crippen LogP contribution >= 0.6 is 0 Å². The predicted octanol–water partition coefficient (Wildman–Crippen LogP) is 6.73. The highest BCUT2D eigenvalue weighted by molar-refractivity contribution is 6.51. The zero-order valence-electron chi connectivity index (χ0n) is 21.7. The zero-order chi connectivity index (χ0) is 26.2. The molecular weight excluding hydrogens is 454 g/mol. The summed E-state index contributed by atoms with van der Waals surface area (Å²) >= 11 is 0. The van der Waals surface area contributed by atoms with Gasteiger partial charge in [-0.1, -0.05) is 46.8 Å². The summed E-state index contributed by atoms with van der Waals surface area (Å²) in [6.45, 7) is 12.8. The second kappa shape index (κ2) is 9.69. The monoisotopic (exact) mass is 487 g/mol. The number of anilines is 1. The number of carbonyl (C=O) groups excluding carboxylic acids is 2. The molecule has 2 aromatic carbocycles. The molecule has 3 aromatic rings. The van der Waals surface area contributed by atoms with E-state index in [1.807, 2.05) is 51.1 Å². The molecule has 0 spiro atoms. The van der Waals surface area contributed by atoms with Crippen molar-refractivity contribution in [3.05, 3.63) is 88.9 Å². The Morgan fingerprint density at radius 3 is 2.33 bits per heavy atom. The Morgan fingerprint density at radius 1 is 1.08 bits per heavy atom. The Labute approximate surface area is 212 Å². The van der Waals surface area contributed by atoms with Gasteiger partial charge in [0.2, 0.25) is 0 Å². The van der Waals surface area contributed by atoms with Crippen molar-refractivity contribution < 1.29 is 23.8 Å². The smallest absolute Gasteiger partial charge is 0.300 e. The second-order valence-electron chi connectivity index (χ2n) is 10.3. The lowest BCUT2D eigenvalue weighted by Gasteiger charge is -2.25. The molecule has 1 atom stereocenters. The lowest BCUT2D eigenvalue weighted by molar-refractivity contribution is -0.132. The fourth-order valence-electron chi connectivity index (χ4n) is 4.53. The Kier molecular flexibility index (Phi) is 6.81. The number of ether oxygens (including phenoxy) is 1. The van der Waals surface area contributed by atoms with Gasteiger partial charge in [0.05, 0.1) is 18.4 Å². The van der Waals surface area contributed by atoms with Gasteiger partial charge in [-0.2, -0.15) is 0 Å². The maximum atomic E-state index is 13.3. The number of hydrogen-bond donors (Lipinski definition) is 1. The number of nitrogens with zero attached hydrogens (tertiary/aromatic N) is 1. The molecular formula is C30H33NO5. The van der Waals surface area contributed by atoms with Crippen molar-refractivity contribution in [1.82, 2.24) is 0 Å². The molecule has 0 radical (unpaired) electrons. The highest BCUT2D eigenvalue weighted by Crippen LogP contribution is 2.43. The van der Waals surface area contributed by atoms with E-state index in [1.54, 1.807) is 24.3 Å². The van der Waals surface area contributed by atoms with Crippen LogP contribution in [-0.2, 0) is 15.0 Å². The van der Waals surface area contributed by atoms with Crippen molar-refractivity contribution in [3.8, 4) is 5.75 Å². The van der Waals surface area contributed by atoms with E-state index < -0.39 is 17.7 Å². The molecule has 0 saturated carbocycles.